The highest BCUT2D eigenvalue weighted by Crippen LogP contribution is 2.22. The van der Waals surface area contributed by atoms with Crippen LogP contribution in [-0.2, 0) is 0 Å². The number of aryl methyl sites for hydroxylation is 2. The van der Waals surface area contributed by atoms with Gasteiger partial charge in [-0.3, -0.25) is 4.79 Å². The third kappa shape index (κ3) is 4.01. The molecule has 1 aliphatic heterocycles. The number of nitrogens with zero attached hydrogens (tertiary/aromatic N) is 4. The summed E-state index contributed by atoms with van der Waals surface area (Å²) in [7, 11) is 0. The zero-order valence-corrected chi connectivity index (χ0v) is 17.2. The molecule has 29 heavy (non-hydrogen) atoms. The quantitative estimate of drug-likeness (QED) is 0.741. The van der Waals surface area contributed by atoms with Gasteiger partial charge in [0, 0.05) is 48.6 Å². The molecule has 0 bridgehead atoms. The Bertz CT molecular complexity index is 1010. The Kier molecular flexibility index (Phi) is 5.34. The van der Waals surface area contributed by atoms with E-state index >= 15 is 0 Å². The highest BCUT2D eigenvalue weighted by atomic mass is 16.1. The molecule has 1 fully saturated rings. The van der Waals surface area contributed by atoms with Crippen molar-refractivity contribution >= 4 is 11.9 Å². The largest absolute Gasteiger partial charge is 0.347 e. The zero-order valence-electron chi connectivity index (χ0n) is 17.2. The number of piperidine rings is 1. The van der Waals surface area contributed by atoms with Gasteiger partial charge in [-0.15, -0.1) is 0 Å². The number of nitrogens with one attached hydrogen (secondary N) is 1. The molecule has 4 rings (SSSR count). The predicted molar refractivity (Wildman–Crippen MR) is 115 cm³/mol. The zero-order chi connectivity index (χ0) is 20.4. The summed E-state index contributed by atoms with van der Waals surface area (Å²) in [5.41, 5.74) is 5.04. The lowest BCUT2D eigenvalue weighted by Gasteiger charge is -2.33. The minimum Gasteiger partial charge on any atom is -0.347 e. The van der Waals surface area contributed by atoms with Crippen molar-refractivity contribution in [3.63, 3.8) is 0 Å². The SMILES string of the molecule is Cc1cccc(-n2c(C)cc(C(=O)NC3CCCN(c4ncccn4)C3)c2C)c1. The Labute approximate surface area is 171 Å². The van der Waals surface area contributed by atoms with Crippen LogP contribution in [0.4, 0.5) is 5.95 Å². The topological polar surface area (TPSA) is 63.1 Å². The van der Waals surface area contributed by atoms with Crippen molar-refractivity contribution in [3.05, 3.63) is 71.3 Å². The monoisotopic (exact) mass is 389 g/mol. The average molecular weight is 390 g/mol. The van der Waals surface area contributed by atoms with E-state index in [2.05, 4.69) is 49.9 Å². The van der Waals surface area contributed by atoms with E-state index in [0.29, 0.717) is 0 Å². The first-order valence-electron chi connectivity index (χ1n) is 10.1. The van der Waals surface area contributed by atoms with Gasteiger partial charge < -0.3 is 14.8 Å². The van der Waals surface area contributed by atoms with Crippen LogP contribution in [0.15, 0.2) is 48.8 Å². The van der Waals surface area contributed by atoms with Crippen LogP contribution in [0.5, 0.6) is 0 Å². The van der Waals surface area contributed by atoms with Gasteiger partial charge in [0.25, 0.3) is 5.91 Å². The predicted octanol–water partition coefficient (Wildman–Crippen LogP) is 3.59. The summed E-state index contributed by atoms with van der Waals surface area (Å²) < 4.78 is 2.15. The van der Waals surface area contributed by atoms with Gasteiger partial charge in [0.05, 0.1) is 5.56 Å². The van der Waals surface area contributed by atoms with Crippen molar-refractivity contribution in [1.29, 1.82) is 0 Å². The van der Waals surface area contributed by atoms with Gasteiger partial charge in [0.2, 0.25) is 5.95 Å². The maximum atomic E-state index is 13.1. The molecular formula is C23H27N5O. The standard InChI is InChI=1S/C23H27N5O/c1-16-7-4-9-20(13-16)28-17(2)14-21(18(28)3)22(29)26-19-8-5-12-27(15-19)23-24-10-6-11-25-23/h4,6-7,9-11,13-14,19H,5,8,12,15H2,1-3H3,(H,26,29). The number of carbonyl (C=O) groups is 1. The minimum atomic E-state index is -0.0159. The molecule has 3 heterocycles. The maximum Gasteiger partial charge on any atom is 0.253 e. The Morgan fingerprint density at radius 3 is 2.66 bits per heavy atom. The lowest BCUT2D eigenvalue weighted by molar-refractivity contribution is 0.0932. The fourth-order valence-corrected chi connectivity index (χ4v) is 4.15. The average Bonchev–Trinajstić information content (AvgIpc) is 3.03. The third-order valence-electron chi connectivity index (χ3n) is 5.53. The fraction of sp³-hybridized carbons (Fsp3) is 0.348. The van der Waals surface area contributed by atoms with E-state index in [0.717, 1.165) is 54.5 Å². The third-order valence-corrected chi connectivity index (χ3v) is 5.53. The number of aromatic nitrogens is 3. The van der Waals surface area contributed by atoms with Gasteiger partial charge in [-0.1, -0.05) is 12.1 Å². The molecule has 1 saturated heterocycles. The van der Waals surface area contributed by atoms with E-state index in [1.165, 1.54) is 5.56 Å². The first kappa shape index (κ1) is 19.2. The molecule has 1 N–H and O–H groups in total. The summed E-state index contributed by atoms with van der Waals surface area (Å²) >= 11 is 0. The van der Waals surface area contributed by atoms with Crippen LogP contribution in [0.1, 0.15) is 40.2 Å². The summed E-state index contributed by atoms with van der Waals surface area (Å²) in [6.45, 7) is 7.78. The first-order valence-corrected chi connectivity index (χ1v) is 10.1. The van der Waals surface area contributed by atoms with Crippen molar-refractivity contribution in [3.8, 4) is 5.69 Å². The summed E-state index contributed by atoms with van der Waals surface area (Å²) in [4.78, 5) is 23.9. The molecule has 0 spiro atoms. The highest BCUT2D eigenvalue weighted by molar-refractivity contribution is 5.96. The lowest BCUT2D eigenvalue weighted by atomic mass is 10.1. The van der Waals surface area contributed by atoms with E-state index in [1.54, 1.807) is 12.4 Å². The van der Waals surface area contributed by atoms with E-state index in [4.69, 9.17) is 0 Å². The van der Waals surface area contributed by atoms with Gasteiger partial charge in [-0.05, 0) is 63.4 Å². The van der Waals surface area contributed by atoms with Crippen molar-refractivity contribution < 1.29 is 4.79 Å². The number of carbonyl (C=O) groups excluding carboxylic acids is 1. The van der Waals surface area contributed by atoms with Crippen LogP contribution in [0, 0.1) is 20.8 Å². The number of anilines is 1. The van der Waals surface area contributed by atoms with Crippen molar-refractivity contribution in [2.45, 2.75) is 39.7 Å². The molecule has 3 aromatic rings. The van der Waals surface area contributed by atoms with E-state index in [9.17, 15) is 4.79 Å². The van der Waals surface area contributed by atoms with Crippen LogP contribution >= 0.6 is 0 Å². The molecule has 6 nitrogen and oxygen atoms in total. The van der Waals surface area contributed by atoms with Gasteiger partial charge in [0.15, 0.2) is 0 Å². The minimum absolute atomic E-state index is 0.0159. The van der Waals surface area contributed by atoms with Gasteiger partial charge in [-0.25, -0.2) is 9.97 Å². The second-order valence-corrected chi connectivity index (χ2v) is 7.77. The lowest BCUT2D eigenvalue weighted by Crippen LogP contribution is -2.48. The van der Waals surface area contributed by atoms with Gasteiger partial charge in [0.1, 0.15) is 0 Å². The molecule has 150 valence electrons. The Hall–Kier alpha value is -3.15. The van der Waals surface area contributed by atoms with Crippen LogP contribution in [0.3, 0.4) is 0 Å². The molecule has 1 aliphatic rings. The summed E-state index contributed by atoms with van der Waals surface area (Å²) in [6.07, 6.45) is 5.48. The fourth-order valence-electron chi connectivity index (χ4n) is 4.15. The molecule has 1 amide bonds. The molecule has 0 radical (unpaired) electrons. The van der Waals surface area contributed by atoms with Gasteiger partial charge in [-0.2, -0.15) is 0 Å². The molecule has 6 heteroatoms. The van der Waals surface area contributed by atoms with Crippen LogP contribution < -0.4 is 10.2 Å². The maximum absolute atomic E-state index is 13.1. The highest BCUT2D eigenvalue weighted by Gasteiger charge is 2.25. The molecule has 1 aromatic carbocycles. The Morgan fingerprint density at radius 1 is 1.10 bits per heavy atom. The van der Waals surface area contributed by atoms with Crippen LogP contribution in [-0.4, -0.2) is 39.6 Å². The number of rotatable bonds is 4. The molecule has 2 aromatic heterocycles. The molecule has 1 atom stereocenters. The van der Waals surface area contributed by atoms with Crippen molar-refractivity contribution in [1.82, 2.24) is 19.9 Å². The molecule has 0 saturated carbocycles. The number of hydrogen-bond donors (Lipinski definition) is 1. The van der Waals surface area contributed by atoms with Crippen molar-refractivity contribution in [2.24, 2.45) is 0 Å². The summed E-state index contributed by atoms with van der Waals surface area (Å²) in [5, 5.41) is 3.23. The van der Waals surface area contributed by atoms with Crippen LogP contribution in [0.2, 0.25) is 0 Å². The molecule has 0 aliphatic carbocycles. The Balaban J connectivity index is 1.51. The number of amides is 1. The van der Waals surface area contributed by atoms with E-state index in [-0.39, 0.29) is 11.9 Å². The Morgan fingerprint density at radius 2 is 1.90 bits per heavy atom. The number of hydrogen-bond acceptors (Lipinski definition) is 4. The smallest absolute Gasteiger partial charge is 0.253 e. The second kappa shape index (κ2) is 8.07. The van der Waals surface area contributed by atoms with Gasteiger partial charge >= 0.3 is 0 Å². The summed E-state index contributed by atoms with van der Waals surface area (Å²) in [5.74, 6) is 0.710. The molecule has 1 unspecified atom stereocenters. The van der Waals surface area contributed by atoms with Crippen molar-refractivity contribution in [2.75, 3.05) is 18.0 Å². The summed E-state index contributed by atoms with van der Waals surface area (Å²) in [6, 6.07) is 12.2. The van der Waals surface area contributed by atoms with E-state index < -0.39 is 0 Å². The molecular weight excluding hydrogens is 362 g/mol. The van der Waals surface area contributed by atoms with Crippen LogP contribution in [0.25, 0.3) is 5.69 Å². The first-order chi connectivity index (χ1) is 14.0. The normalized spacial score (nSPS) is 16.7. The van der Waals surface area contributed by atoms with E-state index in [1.807, 2.05) is 32.0 Å². The second-order valence-electron chi connectivity index (χ2n) is 7.77. The number of benzene rings is 1.